The molecule has 2 N–H and O–H groups in total. The van der Waals surface area contributed by atoms with Crippen molar-refractivity contribution >= 4 is 44.1 Å². The molecular formula is C28H28ClF2N3O5S. The fourth-order valence-electron chi connectivity index (χ4n) is 4.58. The third-order valence-corrected chi connectivity index (χ3v) is 8.63. The zero-order valence-corrected chi connectivity index (χ0v) is 23.3. The number of alkyl halides is 2. The molecular weight excluding hydrogens is 564 g/mol. The number of fused-ring (bicyclic) bond motifs is 1. The number of benzene rings is 2. The average molecular weight is 592 g/mol. The number of nitrogens with one attached hydrogen (secondary N) is 1. The van der Waals surface area contributed by atoms with Crippen molar-refractivity contribution in [1.29, 1.82) is 0 Å². The van der Waals surface area contributed by atoms with Gasteiger partial charge in [0.25, 0.3) is 15.9 Å². The summed E-state index contributed by atoms with van der Waals surface area (Å²) in [4.78, 5) is 18.8. The Hall–Kier alpha value is -3.54. The van der Waals surface area contributed by atoms with Crippen molar-refractivity contribution in [2.45, 2.75) is 43.8 Å². The second kappa shape index (κ2) is 11.9. The van der Waals surface area contributed by atoms with Crippen LogP contribution in [0.4, 0.5) is 14.5 Å². The number of pyridine rings is 1. The summed E-state index contributed by atoms with van der Waals surface area (Å²) in [6.07, 6.45) is 5.28. The Bertz CT molecular complexity index is 1580. The average Bonchev–Trinajstić information content (AvgIpc) is 2.92. The molecule has 1 fully saturated rings. The lowest BCUT2D eigenvalue weighted by molar-refractivity contribution is -0.0503. The van der Waals surface area contributed by atoms with Crippen LogP contribution in [0.1, 0.15) is 37.0 Å². The normalized spacial score (nSPS) is 16.3. The van der Waals surface area contributed by atoms with Gasteiger partial charge in [0.05, 0.1) is 22.4 Å². The summed E-state index contributed by atoms with van der Waals surface area (Å²) in [5.74, 6) is -1.07. The van der Waals surface area contributed by atoms with Gasteiger partial charge in [-0.3, -0.25) is 14.5 Å². The molecule has 1 aliphatic rings. The number of anilines is 1. The van der Waals surface area contributed by atoms with E-state index in [1.807, 2.05) is 0 Å². The van der Waals surface area contributed by atoms with E-state index < -0.39 is 33.9 Å². The summed E-state index contributed by atoms with van der Waals surface area (Å²) in [5.41, 5.74) is -0.629. The first kappa shape index (κ1) is 29.4. The molecule has 0 spiro atoms. The molecule has 1 amide bonds. The van der Waals surface area contributed by atoms with Crippen molar-refractivity contribution in [3.05, 3.63) is 83.0 Å². The number of halogens is 3. The number of rotatable bonds is 8. The van der Waals surface area contributed by atoms with E-state index in [2.05, 4.69) is 14.4 Å². The number of piperidine rings is 1. The highest BCUT2D eigenvalue weighted by Crippen LogP contribution is 2.35. The predicted molar refractivity (Wildman–Crippen MR) is 149 cm³/mol. The van der Waals surface area contributed by atoms with Gasteiger partial charge in [-0.1, -0.05) is 35.9 Å². The maximum absolute atomic E-state index is 13.3. The van der Waals surface area contributed by atoms with Crippen molar-refractivity contribution in [3.63, 3.8) is 0 Å². The second-order valence-electron chi connectivity index (χ2n) is 9.32. The first-order chi connectivity index (χ1) is 18.9. The molecule has 1 aromatic heterocycles. The second-order valence-corrected chi connectivity index (χ2v) is 11.4. The van der Waals surface area contributed by atoms with Crippen molar-refractivity contribution in [2.24, 2.45) is 0 Å². The van der Waals surface area contributed by atoms with Crippen molar-refractivity contribution in [3.8, 4) is 5.75 Å². The number of hydrogen-bond acceptors (Lipinski definition) is 6. The predicted octanol–water partition coefficient (Wildman–Crippen LogP) is 5.69. The van der Waals surface area contributed by atoms with E-state index in [-0.39, 0.29) is 47.6 Å². The van der Waals surface area contributed by atoms with Gasteiger partial charge in [-0.15, -0.1) is 0 Å². The highest BCUT2D eigenvalue weighted by atomic mass is 35.5. The lowest BCUT2D eigenvalue weighted by Crippen LogP contribution is -2.47. The monoisotopic (exact) mass is 591 g/mol. The number of aromatic nitrogens is 1. The maximum Gasteiger partial charge on any atom is 0.387 e. The highest BCUT2D eigenvalue weighted by Gasteiger charge is 2.37. The zero-order valence-electron chi connectivity index (χ0n) is 21.8. The van der Waals surface area contributed by atoms with Gasteiger partial charge in [-0.2, -0.15) is 8.78 Å². The van der Waals surface area contributed by atoms with Crippen LogP contribution in [-0.4, -0.2) is 54.6 Å². The lowest BCUT2D eigenvalue weighted by Gasteiger charge is -2.39. The number of amides is 1. The van der Waals surface area contributed by atoms with E-state index in [1.54, 1.807) is 50.3 Å². The number of carbonyl (C=O) groups excluding carboxylic acids is 1. The standard InChI is InChI=1S/C28H28ClF2N3O5S/c1-3-6-22(29)18(2)28(36)12-15-34(16-13-28)26(35)21-11-10-20(17-23(21)39-27(30)31)33-40(37,38)24-9-4-7-19-8-5-14-32-25(19)24/h3-11,14,17,27,33,36H,12-13,15-16H2,1-2H3. The molecule has 0 unspecified atom stereocenters. The smallest absolute Gasteiger partial charge is 0.387 e. The minimum atomic E-state index is -4.17. The molecule has 0 radical (unpaired) electrons. The Kier molecular flexibility index (Phi) is 8.77. The van der Waals surface area contributed by atoms with Crippen molar-refractivity contribution in [2.75, 3.05) is 17.8 Å². The van der Waals surface area contributed by atoms with E-state index in [0.717, 1.165) is 6.07 Å². The van der Waals surface area contributed by atoms with Crippen LogP contribution < -0.4 is 9.46 Å². The molecule has 8 nitrogen and oxygen atoms in total. The number of nitrogens with zero attached hydrogens (tertiary/aromatic N) is 2. The van der Waals surface area contributed by atoms with Crippen LogP contribution in [-0.2, 0) is 10.0 Å². The van der Waals surface area contributed by atoms with Crippen LogP contribution in [0.3, 0.4) is 0 Å². The van der Waals surface area contributed by atoms with Crippen LogP contribution in [0.15, 0.2) is 82.4 Å². The Labute approximate surface area is 236 Å². The number of para-hydroxylation sites is 1. The number of hydrogen-bond donors (Lipinski definition) is 2. The van der Waals surface area contributed by atoms with Crippen LogP contribution in [0.2, 0.25) is 0 Å². The van der Waals surface area contributed by atoms with Crippen molar-refractivity contribution < 1.29 is 31.8 Å². The Balaban J connectivity index is 1.58. The summed E-state index contributed by atoms with van der Waals surface area (Å²) in [6.45, 7) is 0.556. The Morgan fingerprint density at radius 2 is 1.90 bits per heavy atom. The SMILES string of the molecule is CC=CC(Cl)=C(C)C1(O)CCN(C(=O)c2ccc(NS(=O)(=O)c3cccc4cccnc34)cc2OC(F)F)CC1. The minimum Gasteiger partial charge on any atom is -0.434 e. The molecule has 2 aromatic carbocycles. The van der Waals surface area contributed by atoms with Crippen LogP contribution in [0.25, 0.3) is 10.9 Å². The topological polar surface area (TPSA) is 109 Å². The quantitative estimate of drug-likeness (QED) is 0.326. The van der Waals surface area contributed by atoms with Gasteiger partial charge in [-0.25, -0.2) is 8.42 Å². The van der Waals surface area contributed by atoms with Crippen LogP contribution in [0.5, 0.6) is 5.75 Å². The molecule has 1 aliphatic heterocycles. The molecule has 0 atom stereocenters. The number of sulfonamides is 1. The highest BCUT2D eigenvalue weighted by molar-refractivity contribution is 7.93. The zero-order chi connectivity index (χ0) is 29.1. The van der Waals surface area contributed by atoms with E-state index in [9.17, 15) is 27.1 Å². The number of likely N-dealkylation sites (tertiary alicyclic amines) is 1. The van der Waals surface area contributed by atoms with E-state index in [0.29, 0.717) is 16.0 Å². The van der Waals surface area contributed by atoms with Gasteiger partial charge in [0.15, 0.2) is 0 Å². The molecule has 0 aliphatic carbocycles. The van der Waals surface area contributed by atoms with Gasteiger partial charge in [0.2, 0.25) is 0 Å². The van der Waals surface area contributed by atoms with Gasteiger partial charge in [0.1, 0.15) is 10.6 Å². The van der Waals surface area contributed by atoms with Gasteiger partial charge >= 0.3 is 6.61 Å². The summed E-state index contributed by atoms with van der Waals surface area (Å²) < 4.78 is 59.9. The molecule has 3 aromatic rings. The van der Waals surface area contributed by atoms with Gasteiger partial charge in [0, 0.05) is 35.8 Å². The first-order valence-corrected chi connectivity index (χ1v) is 14.3. The molecule has 0 bridgehead atoms. The van der Waals surface area contributed by atoms with E-state index in [4.69, 9.17) is 11.6 Å². The maximum atomic E-state index is 13.3. The summed E-state index contributed by atoms with van der Waals surface area (Å²) >= 11 is 6.26. The molecule has 212 valence electrons. The van der Waals surface area contributed by atoms with Crippen molar-refractivity contribution in [1.82, 2.24) is 9.88 Å². The van der Waals surface area contributed by atoms with E-state index >= 15 is 0 Å². The Morgan fingerprint density at radius 3 is 2.58 bits per heavy atom. The molecule has 2 heterocycles. The molecule has 1 saturated heterocycles. The largest absolute Gasteiger partial charge is 0.434 e. The van der Waals surface area contributed by atoms with E-state index in [1.165, 1.54) is 29.3 Å². The van der Waals surface area contributed by atoms with Crippen LogP contribution >= 0.6 is 11.6 Å². The van der Waals surface area contributed by atoms with Crippen LogP contribution in [0, 0.1) is 0 Å². The minimum absolute atomic E-state index is 0.0764. The third-order valence-electron chi connectivity index (χ3n) is 6.81. The molecule has 4 rings (SSSR count). The summed E-state index contributed by atoms with van der Waals surface area (Å²) in [6, 6.07) is 11.6. The number of carbonyl (C=O) groups is 1. The fraction of sp³-hybridized carbons (Fsp3) is 0.286. The molecule has 40 heavy (non-hydrogen) atoms. The van der Waals surface area contributed by atoms with Gasteiger partial charge < -0.3 is 14.7 Å². The summed E-state index contributed by atoms with van der Waals surface area (Å²) in [5, 5.41) is 12.1. The lowest BCUT2D eigenvalue weighted by atomic mass is 9.84. The number of aliphatic hydroxyl groups is 1. The Morgan fingerprint density at radius 1 is 1.20 bits per heavy atom. The fourth-order valence-corrected chi connectivity index (χ4v) is 6.11. The first-order valence-electron chi connectivity index (χ1n) is 12.4. The number of allylic oxidation sites excluding steroid dienone is 3. The third kappa shape index (κ3) is 6.27. The number of ether oxygens (including phenoxy) is 1. The molecule has 12 heteroatoms. The molecule has 0 saturated carbocycles. The summed E-state index contributed by atoms with van der Waals surface area (Å²) in [7, 11) is -4.17. The van der Waals surface area contributed by atoms with Gasteiger partial charge in [-0.05, 0) is 62.6 Å².